The Morgan fingerprint density at radius 1 is 1.25 bits per heavy atom. The van der Waals surface area contributed by atoms with Crippen LogP contribution in [0.25, 0.3) is 0 Å². The molecule has 0 bridgehead atoms. The average Bonchev–Trinajstić information content (AvgIpc) is 2.95. The molecule has 0 saturated carbocycles. The maximum atomic E-state index is 13.9. The van der Waals surface area contributed by atoms with Gasteiger partial charge in [0.25, 0.3) is 5.91 Å². The van der Waals surface area contributed by atoms with Gasteiger partial charge in [-0.1, -0.05) is 18.2 Å². The third-order valence-electron chi connectivity index (χ3n) is 4.24. The molecule has 2 N–H and O–H groups in total. The van der Waals surface area contributed by atoms with Gasteiger partial charge in [0.1, 0.15) is 11.9 Å². The molecule has 1 saturated heterocycles. The monoisotopic (exact) mass is 327 g/mol. The van der Waals surface area contributed by atoms with Crippen molar-refractivity contribution in [2.45, 2.75) is 12.5 Å². The highest BCUT2D eigenvalue weighted by molar-refractivity contribution is 6.04. The Hall–Kier alpha value is -2.89. The van der Waals surface area contributed by atoms with Gasteiger partial charge in [0.05, 0.1) is 5.69 Å². The zero-order chi connectivity index (χ0) is 17.3. The minimum atomic E-state index is -0.612. The number of anilines is 2. The van der Waals surface area contributed by atoms with Gasteiger partial charge in [0, 0.05) is 24.8 Å². The molecule has 0 spiro atoms. The minimum absolute atomic E-state index is 0.245. The highest BCUT2D eigenvalue weighted by Crippen LogP contribution is 2.27. The predicted octanol–water partition coefficient (Wildman–Crippen LogP) is 2.29. The van der Waals surface area contributed by atoms with Crippen LogP contribution >= 0.6 is 0 Å². The average molecular weight is 327 g/mol. The van der Waals surface area contributed by atoms with Crippen LogP contribution in [-0.4, -0.2) is 36.3 Å². The zero-order valence-electron chi connectivity index (χ0n) is 13.3. The molecule has 1 aliphatic rings. The van der Waals surface area contributed by atoms with E-state index in [1.165, 1.54) is 15.9 Å². The molecule has 124 valence electrons. The van der Waals surface area contributed by atoms with Gasteiger partial charge < -0.3 is 15.5 Å². The highest BCUT2D eigenvalue weighted by atomic mass is 19.1. The summed E-state index contributed by atoms with van der Waals surface area (Å²) in [5.74, 6) is -1.01. The second kappa shape index (κ2) is 6.31. The van der Waals surface area contributed by atoms with Crippen molar-refractivity contribution in [1.82, 2.24) is 4.90 Å². The van der Waals surface area contributed by atoms with Gasteiger partial charge in [-0.05, 0) is 36.8 Å². The topological polar surface area (TPSA) is 66.6 Å². The van der Waals surface area contributed by atoms with E-state index in [4.69, 9.17) is 5.73 Å². The van der Waals surface area contributed by atoms with Gasteiger partial charge in [-0.25, -0.2) is 4.39 Å². The third-order valence-corrected chi connectivity index (χ3v) is 4.24. The van der Waals surface area contributed by atoms with Crippen molar-refractivity contribution < 1.29 is 14.0 Å². The van der Waals surface area contributed by atoms with Crippen LogP contribution in [0.1, 0.15) is 16.8 Å². The van der Waals surface area contributed by atoms with Crippen molar-refractivity contribution in [3.63, 3.8) is 0 Å². The molecule has 0 aromatic heterocycles. The Kier molecular flexibility index (Phi) is 4.20. The normalized spacial score (nSPS) is 17.2. The van der Waals surface area contributed by atoms with Crippen LogP contribution in [0.2, 0.25) is 0 Å². The third kappa shape index (κ3) is 2.82. The standard InChI is InChI=1S/C18H18FN3O2/c1-21(17(23)12-5-4-6-13(20)11-12)16-9-10-22(18(16)24)15-8-3-2-7-14(15)19/h2-8,11,16H,9-10,20H2,1H3/t16-/m0/s1. The van der Waals surface area contributed by atoms with E-state index < -0.39 is 11.9 Å². The number of hydrogen-bond donors (Lipinski definition) is 1. The highest BCUT2D eigenvalue weighted by Gasteiger charge is 2.38. The summed E-state index contributed by atoms with van der Waals surface area (Å²) in [7, 11) is 1.58. The summed E-state index contributed by atoms with van der Waals surface area (Å²) in [6.07, 6.45) is 0.456. The number of nitrogens with two attached hydrogens (primary N) is 1. The van der Waals surface area contributed by atoms with Crippen molar-refractivity contribution in [3.05, 3.63) is 59.9 Å². The SMILES string of the molecule is CN(C(=O)c1cccc(N)c1)[C@H]1CCN(c2ccccc2F)C1=O. The molecule has 24 heavy (non-hydrogen) atoms. The molecule has 0 aliphatic carbocycles. The summed E-state index contributed by atoms with van der Waals surface area (Å²) in [4.78, 5) is 28.0. The minimum Gasteiger partial charge on any atom is -0.399 e. The Labute approximate surface area is 139 Å². The second-order valence-corrected chi connectivity index (χ2v) is 5.79. The Balaban J connectivity index is 1.80. The van der Waals surface area contributed by atoms with Crippen molar-refractivity contribution in [1.29, 1.82) is 0 Å². The van der Waals surface area contributed by atoms with Crippen LogP contribution < -0.4 is 10.6 Å². The fourth-order valence-electron chi connectivity index (χ4n) is 2.95. The summed E-state index contributed by atoms with van der Waals surface area (Å²) in [5.41, 5.74) is 6.86. The fraction of sp³-hybridized carbons (Fsp3) is 0.222. The predicted molar refractivity (Wildman–Crippen MR) is 90.1 cm³/mol. The van der Waals surface area contributed by atoms with Crippen LogP contribution in [0.15, 0.2) is 48.5 Å². The number of amides is 2. The summed E-state index contributed by atoms with van der Waals surface area (Å²) < 4.78 is 13.9. The molecular weight excluding hydrogens is 309 g/mol. The Morgan fingerprint density at radius 3 is 2.71 bits per heavy atom. The molecule has 6 heteroatoms. The Morgan fingerprint density at radius 2 is 2.00 bits per heavy atom. The number of benzene rings is 2. The van der Waals surface area contributed by atoms with Crippen LogP contribution in [0.5, 0.6) is 0 Å². The summed E-state index contributed by atoms with van der Waals surface area (Å²) in [5, 5.41) is 0. The number of halogens is 1. The largest absolute Gasteiger partial charge is 0.399 e. The van der Waals surface area contributed by atoms with Crippen molar-refractivity contribution >= 4 is 23.2 Å². The quantitative estimate of drug-likeness (QED) is 0.880. The number of carbonyl (C=O) groups is 2. The second-order valence-electron chi connectivity index (χ2n) is 5.79. The fourth-order valence-corrected chi connectivity index (χ4v) is 2.95. The smallest absolute Gasteiger partial charge is 0.254 e. The van der Waals surface area contributed by atoms with Crippen LogP contribution in [0.4, 0.5) is 15.8 Å². The summed E-state index contributed by atoms with van der Waals surface area (Å²) >= 11 is 0. The lowest BCUT2D eigenvalue weighted by molar-refractivity contribution is -0.120. The number of likely N-dealkylation sites (N-methyl/N-ethyl adjacent to an activating group) is 1. The van der Waals surface area contributed by atoms with Gasteiger partial charge in [-0.15, -0.1) is 0 Å². The lowest BCUT2D eigenvalue weighted by Gasteiger charge is -2.24. The first kappa shape index (κ1) is 16.0. The van der Waals surface area contributed by atoms with Gasteiger partial charge >= 0.3 is 0 Å². The maximum Gasteiger partial charge on any atom is 0.254 e. The molecule has 1 atom stereocenters. The van der Waals surface area contributed by atoms with Crippen LogP contribution in [-0.2, 0) is 4.79 Å². The number of hydrogen-bond acceptors (Lipinski definition) is 3. The van der Waals surface area contributed by atoms with E-state index in [1.54, 1.807) is 49.5 Å². The molecule has 1 fully saturated rings. The molecule has 1 heterocycles. The zero-order valence-corrected chi connectivity index (χ0v) is 13.3. The first-order chi connectivity index (χ1) is 11.5. The first-order valence-electron chi connectivity index (χ1n) is 7.67. The molecule has 0 radical (unpaired) electrons. The van der Waals surface area contributed by atoms with Crippen LogP contribution in [0, 0.1) is 5.82 Å². The number of nitrogens with zero attached hydrogens (tertiary/aromatic N) is 2. The molecule has 2 aromatic carbocycles. The molecule has 3 rings (SSSR count). The van der Waals surface area contributed by atoms with Gasteiger partial charge in [0.15, 0.2) is 0 Å². The van der Waals surface area contributed by atoms with Crippen molar-refractivity contribution in [2.24, 2.45) is 0 Å². The van der Waals surface area contributed by atoms with Gasteiger partial charge in [-0.2, -0.15) is 0 Å². The van der Waals surface area contributed by atoms with Crippen molar-refractivity contribution in [3.8, 4) is 0 Å². The Bertz CT molecular complexity index is 793. The van der Waals surface area contributed by atoms with E-state index in [-0.39, 0.29) is 17.5 Å². The van der Waals surface area contributed by atoms with E-state index in [0.29, 0.717) is 24.2 Å². The van der Waals surface area contributed by atoms with E-state index >= 15 is 0 Å². The molecule has 1 aliphatic heterocycles. The molecule has 2 amide bonds. The van der Waals surface area contributed by atoms with E-state index in [2.05, 4.69) is 0 Å². The number of para-hydroxylation sites is 1. The number of carbonyl (C=O) groups excluding carboxylic acids is 2. The lowest BCUT2D eigenvalue weighted by Crippen LogP contribution is -2.43. The molecule has 5 nitrogen and oxygen atoms in total. The summed E-state index contributed by atoms with van der Waals surface area (Å²) in [6, 6.07) is 12.1. The van der Waals surface area contributed by atoms with Gasteiger partial charge in [0.2, 0.25) is 5.91 Å². The van der Waals surface area contributed by atoms with E-state index in [1.807, 2.05) is 0 Å². The lowest BCUT2D eigenvalue weighted by atomic mass is 10.1. The van der Waals surface area contributed by atoms with Gasteiger partial charge in [-0.3, -0.25) is 9.59 Å². The van der Waals surface area contributed by atoms with E-state index in [0.717, 1.165) is 0 Å². The van der Waals surface area contributed by atoms with E-state index in [9.17, 15) is 14.0 Å². The molecule has 0 unspecified atom stereocenters. The molecule has 2 aromatic rings. The number of nitrogen functional groups attached to an aromatic ring is 1. The van der Waals surface area contributed by atoms with Crippen LogP contribution in [0.3, 0.4) is 0 Å². The summed E-state index contributed by atoms with van der Waals surface area (Å²) in [6.45, 7) is 0.374. The van der Waals surface area contributed by atoms with Crippen molar-refractivity contribution in [2.75, 3.05) is 24.2 Å². The first-order valence-corrected chi connectivity index (χ1v) is 7.67. The molecular formula is C18H18FN3O2. The maximum absolute atomic E-state index is 13.9. The number of rotatable bonds is 3.